The molecular formula is C22H17N5O3S. The van der Waals surface area contributed by atoms with Crippen molar-refractivity contribution in [3.63, 3.8) is 0 Å². The summed E-state index contributed by atoms with van der Waals surface area (Å²) < 4.78 is 35.1. The molecule has 0 saturated carbocycles. The SMILES string of the molecule is Cc1nc(-c2ccc(S(=O)(=O)Nc3ccc(-c4cn5cccnc5n4)cc3)cc2)co1. The summed E-state index contributed by atoms with van der Waals surface area (Å²) in [6, 6.07) is 15.4. The lowest BCUT2D eigenvalue weighted by Crippen LogP contribution is -2.12. The first-order chi connectivity index (χ1) is 15.0. The zero-order valence-corrected chi connectivity index (χ0v) is 17.2. The first-order valence-electron chi connectivity index (χ1n) is 9.43. The van der Waals surface area contributed by atoms with Gasteiger partial charge in [0.2, 0.25) is 5.78 Å². The van der Waals surface area contributed by atoms with E-state index in [9.17, 15) is 8.42 Å². The molecule has 0 amide bonds. The Morgan fingerprint density at radius 1 is 0.935 bits per heavy atom. The van der Waals surface area contributed by atoms with E-state index in [4.69, 9.17) is 4.42 Å². The summed E-state index contributed by atoms with van der Waals surface area (Å²) >= 11 is 0. The van der Waals surface area contributed by atoms with E-state index in [1.165, 1.54) is 6.26 Å². The Bertz CT molecular complexity index is 1440. The number of nitrogens with one attached hydrogen (secondary N) is 1. The second-order valence-electron chi connectivity index (χ2n) is 6.91. The van der Waals surface area contributed by atoms with Crippen molar-refractivity contribution in [1.82, 2.24) is 19.4 Å². The molecule has 9 heteroatoms. The van der Waals surface area contributed by atoms with Gasteiger partial charge in [0.1, 0.15) is 12.0 Å². The third-order valence-corrected chi connectivity index (χ3v) is 6.14. The summed E-state index contributed by atoms with van der Waals surface area (Å²) in [7, 11) is -3.73. The van der Waals surface area contributed by atoms with E-state index in [-0.39, 0.29) is 4.90 Å². The summed E-state index contributed by atoms with van der Waals surface area (Å²) in [5.41, 5.74) is 3.52. The van der Waals surface area contributed by atoms with E-state index in [1.807, 2.05) is 35.0 Å². The molecule has 0 saturated heterocycles. The van der Waals surface area contributed by atoms with Crippen LogP contribution in [0.3, 0.4) is 0 Å². The molecular weight excluding hydrogens is 414 g/mol. The maximum absolute atomic E-state index is 12.8. The molecule has 0 bridgehead atoms. The van der Waals surface area contributed by atoms with Crippen LogP contribution in [-0.4, -0.2) is 27.8 Å². The Morgan fingerprint density at radius 3 is 2.32 bits per heavy atom. The zero-order valence-electron chi connectivity index (χ0n) is 16.4. The van der Waals surface area contributed by atoms with Gasteiger partial charge in [-0.15, -0.1) is 0 Å². The van der Waals surface area contributed by atoms with Crippen LogP contribution in [0.1, 0.15) is 5.89 Å². The van der Waals surface area contributed by atoms with E-state index in [0.29, 0.717) is 23.0 Å². The number of aryl methyl sites for hydroxylation is 1. The minimum Gasteiger partial charge on any atom is -0.449 e. The number of fused-ring (bicyclic) bond motifs is 1. The Balaban J connectivity index is 1.35. The van der Waals surface area contributed by atoms with Gasteiger partial charge in [-0.25, -0.2) is 23.4 Å². The number of rotatable bonds is 5. The Labute approximate surface area is 178 Å². The first kappa shape index (κ1) is 19.0. The normalized spacial score (nSPS) is 11.6. The standard InChI is InChI=1S/C22H17N5O3S/c1-15-24-21(14-30-15)17-5-9-19(10-6-17)31(28,29)26-18-7-3-16(4-8-18)20-13-27-12-2-11-23-22(27)25-20/h2-14,26H,1H3. The average Bonchev–Trinajstić information content (AvgIpc) is 3.40. The smallest absolute Gasteiger partial charge is 0.261 e. The van der Waals surface area contributed by atoms with Crippen LogP contribution in [0.25, 0.3) is 28.3 Å². The lowest BCUT2D eigenvalue weighted by atomic mass is 10.1. The molecule has 0 unspecified atom stereocenters. The van der Waals surface area contributed by atoms with E-state index < -0.39 is 10.0 Å². The van der Waals surface area contributed by atoms with Crippen LogP contribution < -0.4 is 4.72 Å². The van der Waals surface area contributed by atoms with E-state index in [0.717, 1.165) is 16.8 Å². The highest BCUT2D eigenvalue weighted by atomic mass is 32.2. The van der Waals surface area contributed by atoms with Gasteiger partial charge >= 0.3 is 0 Å². The monoisotopic (exact) mass is 431 g/mol. The highest BCUT2D eigenvalue weighted by molar-refractivity contribution is 7.92. The number of oxazole rings is 1. The van der Waals surface area contributed by atoms with Crippen LogP contribution in [0, 0.1) is 6.92 Å². The number of benzene rings is 2. The lowest BCUT2D eigenvalue weighted by molar-refractivity contribution is 0.521. The molecule has 0 spiro atoms. The van der Waals surface area contributed by atoms with Gasteiger partial charge < -0.3 is 4.42 Å². The topological polar surface area (TPSA) is 102 Å². The molecule has 0 aliphatic heterocycles. The van der Waals surface area contributed by atoms with E-state index >= 15 is 0 Å². The number of hydrogen-bond donors (Lipinski definition) is 1. The van der Waals surface area contributed by atoms with Crippen molar-refractivity contribution >= 4 is 21.5 Å². The second kappa shape index (κ2) is 7.37. The molecule has 8 nitrogen and oxygen atoms in total. The Kier molecular flexibility index (Phi) is 4.52. The fourth-order valence-corrected chi connectivity index (χ4v) is 4.25. The number of sulfonamides is 1. The van der Waals surface area contributed by atoms with Gasteiger partial charge in [0.05, 0.1) is 10.6 Å². The fourth-order valence-electron chi connectivity index (χ4n) is 3.19. The molecule has 0 fully saturated rings. The minimum absolute atomic E-state index is 0.159. The van der Waals surface area contributed by atoms with Gasteiger partial charge in [0, 0.05) is 42.3 Å². The van der Waals surface area contributed by atoms with Crippen LogP contribution in [0.15, 0.2) is 88.8 Å². The van der Waals surface area contributed by atoms with Crippen LogP contribution >= 0.6 is 0 Å². The molecule has 5 rings (SSSR count). The fraction of sp³-hybridized carbons (Fsp3) is 0.0455. The van der Waals surface area contributed by atoms with Gasteiger partial charge in [0.15, 0.2) is 5.89 Å². The third kappa shape index (κ3) is 3.78. The van der Waals surface area contributed by atoms with Crippen LogP contribution in [-0.2, 0) is 10.0 Å². The van der Waals surface area contributed by atoms with Crippen molar-refractivity contribution in [3.8, 4) is 22.5 Å². The molecule has 0 aliphatic rings. The number of aromatic nitrogens is 4. The largest absolute Gasteiger partial charge is 0.449 e. The highest BCUT2D eigenvalue weighted by Gasteiger charge is 2.15. The van der Waals surface area contributed by atoms with Gasteiger partial charge in [-0.1, -0.05) is 24.3 Å². The average molecular weight is 431 g/mol. The van der Waals surface area contributed by atoms with Crippen LogP contribution in [0.4, 0.5) is 5.69 Å². The van der Waals surface area contributed by atoms with Crippen molar-refractivity contribution < 1.29 is 12.8 Å². The summed E-state index contributed by atoms with van der Waals surface area (Å²) in [6.07, 6.45) is 6.97. The predicted octanol–water partition coefficient (Wildman–Crippen LogP) is 4.16. The Hall–Kier alpha value is -3.98. The van der Waals surface area contributed by atoms with Crippen molar-refractivity contribution in [2.45, 2.75) is 11.8 Å². The zero-order chi connectivity index (χ0) is 21.4. The van der Waals surface area contributed by atoms with Gasteiger partial charge in [-0.2, -0.15) is 0 Å². The summed E-state index contributed by atoms with van der Waals surface area (Å²) in [6.45, 7) is 1.75. The molecule has 1 N–H and O–H groups in total. The predicted molar refractivity (Wildman–Crippen MR) is 116 cm³/mol. The number of anilines is 1. The molecule has 2 aromatic carbocycles. The number of imidazole rings is 1. The maximum atomic E-state index is 12.8. The lowest BCUT2D eigenvalue weighted by Gasteiger charge is -2.09. The molecule has 3 aromatic heterocycles. The van der Waals surface area contributed by atoms with Crippen LogP contribution in [0.5, 0.6) is 0 Å². The number of nitrogens with zero attached hydrogens (tertiary/aromatic N) is 4. The van der Waals surface area contributed by atoms with Crippen molar-refractivity contribution in [1.29, 1.82) is 0 Å². The Morgan fingerprint density at radius 2 is 1.65 bits per heavy atom. The van der Waals surface area contributed by atoms with Gasteiger partial charge in [-0.3, -0.25) is 9.12 Å². The number of hydrogen-bond acceptors (Lipinski definition) is 6. The molecule has 3 heterocycles. The summed E-state index contributed by atoms with van der Waals surface area (Å²) in [4.78, 5) is 13.1. The van der Waals surface area contributed by atoms with E-state index in [2.05, 4.69) is 19.7 Å². The van der Waals surface area contributed by atoms with E-state index in [1.54, 1.807) is 49.5 Å². The van der Waals surface area contributed by atoms with Gasteiger partial charge in [0.25, 0.3) is 10.0 Å². The molecule has 31 heavy (non-hydrogen) atoms. The first-order valence-corrected chi connectivity index (χ1v) is 10.9. The van der Waals surface area contributed by atoms with Gasteiger partial charge in [-0.05, 0) is 30.3 Å². The minimum atomic E-state index is -3.73. The second-order valence-corrected chi connectivity index (χ2v) is 8.59. The van der Waals surface area contributed by atoms with Crippen molar-refractivity contribution in [2.24, 2.45) is 0 Å². The summed E-state index contributed by atoms with van der Waals surface area (Å²) in [5.74, 6) is 1.16. The molecule has 0 radical (unpaired) electrons. The van der Waals surface area contributed by atoms with Crippen molar-refractivity contribution in [2.75, 3.05) is 4.72 Å². The maximum Gasteiger partial charge on any atom is 0.261 e. The molecule has 0 aliphatic carbocycles. The van der Waals surface area contributed by atoms with Crippen molar-refractivity contribution in [3.05, 3.63) is 85.3 Å². The third-order valence-electron chi connectivity index (χ3n) is 4.75. The van der Waals surface area contributed by atoms with Crippen LogP contribution in [0.2, 0.25) is 0 Å². The highest BCUT2D eigenvalue weighted by Crippen LogP contribution is 2.24. The quantitative estimate of drug-likeness (QED) is 0.448. The summed E-state index contributed by atoms with van der Waals surface area (Å²) in [5, 5.41) is 0. The molecule has 0 atom stereocenters. The molecule has 5 aromatic rings. The molecule has 154 valence electrons.